The maximum Gasteiger partial charge on any atom is 0.209 e. The predicted molar refractivity (Wildman–Crippen MR) is 126 cm³/mol. The van der Waals surface area contributed by atoms with E-state index in [0.717, 1.165) is 21.9 Å². The fraction of sp³-hybridized carbons (Fsp3) is 0.0714. The van der Waals surface area contributed by atoms with Gasteiger partial charge in [0.05, 0.1) is 16.8 Å². The van der Waals surface area contributed by atoms with Crippen LogP contribution in [0.4, 0.5) is 0 Å². The predicted octanol–water partition coefficient (Wildman–Crippen LogP) is 5.88. The quantitative estimate of drug-likeness (QED) is 0.370. The average molecular weight is 419 g/mol. The molecule has 5 rings (SSSR count). The van der Waals surface area contributed by atoms with E-state index in [0.29, 0.717) is 22.3 Å². The number of hydrogen-bond acceptors (Lipinski definition) is 3. The van der Waals surface area contributed by atoms with Crippen LogP contribution in [0.5, 0.6) is 5.75 Å². The van der Waals surface area contributed by atoms with Gasteiger partial charge in [0.25, 0.3) is 0 Å². The number of aryl methyl sites for hydroxylation is 2. The number of benzene rings is 3. The number of phenolic OH excluding ortho intramolecular Hbond substituents is 1. The van der Waals surface area contributed by atoms with E-state index in [2.05, 4.69) is 0 Å². The molecule has 2 aromatic heterocycles. The summed E-state index contributed by atoms with van der Waals surface area (Å²) < 4.78 is 1.78. The second kappa shape index (κ2) is 7.50. The van der Waals surface area contributed by atoms with Crippen LogP contribution in [0.25, 0.3) is 16.3 Å². The van der Waals surface area contributed by atoms with Crippen molar-refractivity contribution in [3.8, 4) is 5.75 Å². The third-order valence-corrected chi connectivity index (χ3v) is 5.84. The summed E-state index contributed by atoms with van der Waals surface area (Å²) in [5.74, 6) is -0.558. The molecule has 156 valence electrons. The topological polar surface area (TPSA) is 58.8 Å². The fourth-order valence-electron chi connectivity index (χ4n) is 4.15. The smallest absolute Gasteiger partial charge is 0.209 e. The minimum atomic E-state index is -0.317. The zero-order chi connectivity index (χ0) is 22.4. The molecule has 4 heteroatoms. The molecule has 0 spiro atoms. The van der Waals surface area contributed by atoms with E-state index in [9.17, 15) is 14.7 Å². The van der Waals surface area contributed by atoms with Crippen LogP contribution in [0.15, 0.2) is 85.1 Å². The summed E-state index contributed by atoms with van der Waals surface area (Å²) in [6.45, 7) is 3.84. The summed E-state index contributed by atoms with van der Waals surface area (Å²) in [7, 11) is 0. The van der Waals surface area contributed by atoms with Gasteiger partial charge >= 0.3 is 0 Å². The number of fused-ring (bicyclic) bond motifs is 3. The molecule has 0 amide bonds. The molecule has 32 heavy (non-hydrogen) atoms. The van der Waals surface area contributed by atoms with Gasteiger partial charge in [-0.05, 0) is 43.5 Å². The number of rotatable bonds is 4. The highest BCUT2D eigenvalue weighted by Gasteiger charge is 2.24. The lowest BCUT2D eigenvalue weighted by molar-refractivity contribution is 0.103. The van der Waals surface area contributed by atoms with Crippen LogP contribution in [0, 0.1) is 13.8 Å². The first-order valence-corrected chi connectivity index (χ1v) is 10.4. The van der Waals surface area contributed by atoms with Gasteiger partial charge in [-0.15, -0.1) is 0 Å². The molecule has 0 atom stereocenters. The summed E-state index contributed by atoms with van der Waals surface area (Å²) in [6, 6.07) is 23.7. The number of pyridine rings is 1. The molecule has 4 nitrogen and oxygen atoms in total. The zero-order valence-electron chi connectivity index (χ0n) is 17.8. The van der Waals surface area contributed by atoms with E-state index in [1.54, 1.807) is 34.7 Å². The van der Waals surface area contributed by atoms with E-state index in [4.69, 9.17) is 0 Å². The van der Waals surface area contributed by atoms with Crippen molar-refractivity contribution in [3.63, 3.8) is 0 Å². The van der Waals surface area contributed by atoms with E-state index in [-0.39, 0.29) is 22.9 Å². The van der Waals surface area contributed by atoms with Gasteiger partial charge in [-0.1, -0.05) is 65.7 Å². The van der Waals surface area contributed by atoms with Gasteiger partial charge in [0, 0.05) is 22.7 Å². The number of carbonyl (C=O) groups is 2. The summed E-state index contributed by atoms with van der Waals surface area (Å²) >= 11 is 0. The fourth-order valence-corrected chi connectivity index (χ4v) is 4.15. The van der Waals surface area contributed by atoms with E-state index < -0.39 is 0 Å². The number of aromatic nitrogens is 1. The highest BCUT2D eigenvalue weighted by molar-refractivity contribution is 6.21. The van der Waals surface area contributed by atoms with Gasteiger partial charge in [0.15, 0.2) is 5.78 Å². The largest absolute Gasteiger partial charge is 0.507 e. The third-order valence-electron chi connectivity index (χ3n) is 5.84. The maximum absolute atomic E-state index is 13.6. The maximum atomic E-state index is 13.6. The normalized spacial score (nSPS) is 11.2. The number of hydrogen-bond donors (Lipinski definition) is 1. The van der Waals surface area contributed by atoms with Crippen LogP contribution in [0.3, 0.4) is 0 Å². The van der Waals surface area contributed by atoms with Crippen molar-refractivity contribution in [2.24, 2.45) is 0 Å². The first kappa shape index (κ1) is 19.8. The molecule has 0 aliphatic heterocycles. The lowest BCUT2D eigenvalue weighted by Crippen LogP contribution is -2.05. The second-order valence-electron chi connectivity index (χ2n) is 8.11. The van der Waals surface area contributed by atoms with Crippen molar-refractivity contribution in [2.45, 2.75) is 13.8 Å². The van der Waals surface area contributed by atoms with Crippen LogP contribution < -0.4 is 0 Å². The number of aromatic hydroxyl groups is 1. The molecule has 0 unspecified atom stereocenters. The van der Waals surface area contributed by atoms with Gasteiger partial charge in [-0.2, -0.15) is 0 Å². The Morgan fingerprint density at radius 1 is 0.750 bits per heavy atom. The number of nitrogens with zero attached hydrogens (tertiary/aromatic N) is 1. The molecular formula is C28H21NO3. The summed E-state index contributed by atoms with van der Waals surface area (Å²) in [5, 5.41) is 12.2. The summed E-state index contributed by atoms with van der Waals surface area (Å²) in [6.07, 6.45) is 1.83. The number of carbonyl (C=O) groups excluding carboxylic acids is 2. The SMILES string of the molecule is Cc1ccc(C(=O)c2cc(C(=O)c3cc(C)ccc3O)c3c4ccccc4ccn23)cc1. The Morgan fingerprint density at radius 3 is 2.25 bits per heavy atom. The van der Waals surface area contributed by atoms with Crippen LogP contribution in [-0.2, 0) is 0 Å². The van der Waals surface area contributed by atoms with Gasteiger partial charge in [-0.25, -0.2) is 0 Å². The molecule has 0 aliphatic rings. The van der Waals surface area contributed by atoms with Gasteiger partial charge < -0.3 is 9.51 Å². The van der Waals surface area contributed by atoms with Crippen LogP contribution >= 0.6 is 0 Å². The highest BCUT2D eigenvalue weighted by atomic mass is 16.3. The molecule has 0 saturated heterocycles. The molecule has 2 heterocycles. The third kappa shape index (κ3) is 3.17. The summed E-state index contributed by atoms with van der Waals surface area (Å²) in [4.78, 5) is 27.0. The number of phenols is 1. The van der Waals surface area contributed by atoms with Gasteiger partial charge in [0.2, 0.25) is 5.78 Å². The van der Waals surface area contributed by atoms with Crippen LogP contribution in [0.1, 0.15) is 43.1 Å². The molecule has 1 N–H and O–H groups in total. The van der Waals surface area contributed by atoms with Crippen molar-refractivity contribution in [2.75, 3.05) is 0 Å². The molecule has 0 saturated carbocycles. The van der Waals surface area contributed by atoms with E-state index in [1.807, 2.05) is 62.5 Å². The Bertz CT molecular complexity index is 1520. The lowest BCUT2D eigenvalue weighted by atomic mass is 9.99. The van der Waals surface area contributed by atoms with Crippen molar-refractivity contribution < 1.29 is 14.7 Å². The van der Waals surface area contributed by atoms with Crippen LogP contribution in [0.2, 0.25) is 0 Å². The lowest BCUT2D eigenvalue weighted by Gasteiger charge is -2.08. The molecule has 0 bridgehead atoms. The Hall–Kier alpha value is -4.18. The minimum Gasteiger partial charge on any atom is -0.507 e. The van der Waals surface area contributed by atoms with E-state index in [1.165, 1.54) is 6.07 Å². The summed E-state index contributed by atoms with van der Waals surface area (Å²) in [5.41, 5.74) is 4.17. The molecular weight excluding hydrogens is 398 g/mol. The first-order valence-electron chi connectivity index (χ1n) is 10.4. The molecule has 3 aromatic carbocycles. The first-order chi connectivity index (χ1) is 15.4. The Balaban J connectivity index is 1.79. The monoisotopic (exact) mass is 419 g/mol. The van der Waals surface area contributed by atoms with Gasteiger partial charge in [-0.3, -0.25) is 9.59 Å². The average Bonchev–Trinajstić information content (AvgIpc) is 3.20. The zero-order valence-corrected chi connectivity index (χ0v) is 17.8. The van der Waals surface area contributed by atoms with E-state index >= 15 is 0 Å². The van der Waals surface area contributed by atoms with Crippen molar-refractivity contribution in [3.05, 3.63) is 119 Å². The molecule has 0 aliphatic carbocycles. The molecule has 5 aromatic rings. The minimum absolute atomic E-state index is 0.0772. The standard InChI is InChI=1S/C28H21NO3/c1-17-7-10-20(11-8-17)27(31)24-16-23(28(32)22-15-18(2)9-12-25(22)30)26-21-6-4-3-5-19(21)13-14-29(24)26/h3-16,30H,1-2H3. The molecule has 0 radical (unpaired) electrons. The van der Waals surface area contributed by atoms with Crippen LogP contribution in [-0.4, -0.2) is 21.1 Å². The van der Waals surface area contributed by atoms with Crippen molar-refractivity contribution in [1.29, 1.82) is 0 Å². The Kier molecular flexibility index (Phi) is 4.63. The Labute approximate surface area is 185 Å². The number of ketones is 2. The highest BCUT2D eigenvalue weighted by Crippen LogP contribution is 2.31. The Morgan fingerprint density at radius 2 is 1.47 bits per heavy atom. The van der Waals surface area contributed by atoms with Crippen molar-refractivity contribution >= 4 is 27.9 Å². The second-order valence-corrected chi connectivity index (χ2v) is 8.11. The van der Waals surface area contributed by atoms with Crippen molar-refractivity contribution in [1.82, 2.24) is 4.40 Å². The molecule has 0 fully saturated rings. The van der Waals surface area contributed by atoms with Gasteiger partial charge in [0.1, 0.15) is 5.75 Å².